The molecule has 0 bridgehead atoms. The molecule has 28 heavy (non-hydrogen) atoms. The van der Waals surface area contributed by atoms with Crippen LogP contribution in [-0.2, 0) is 11.3 Å². The topological polar surface area (TPSA) is 74.8 Å². The molecule has 3 rings (SSSR count). The molecule has 1 N–H and O–H groups in total. The molecule has 2 aromatic rings. The molecule has 0 spiro atoms. The molecule has 0 fully saturated rings. The molecule has 2 amide bonds. The third-order valence-electron chi connectivity index (χ3n) is 4.71. The summed E-state index contributed by atoms with van der Waals surface area (Å²) >= 11 is 1.28. The van der Waals surface area contributed by atoms with Crippen molar-refractivity contribution in [1.29, 1.82) is 0 Å². The molecule has 0 saturated heterocycles. The zero-order chi connectivity index (χ0) is 20.3. The van der Waals surface area contributed by atoms with E-state index in [0.29, 0.717) is 30.3 Å². The lowest BCUT2D eigenvalue weighted by molar-refractivity contribution is -0.136. The molecule has 1 aromatic carbocycles. The molecule has 1 aliphatic rings. The van der Waals surface area contributed by atoms with Crippen molar-refractivity contribution in [3.05, 3.63) is 45.9 Å². The average molecular weight is 403 g/mol. The Labute approximate surface area is 169 Å². The van der Waals surface area contributed by atoms with Crippen molar-refractivity contribution in [1.82, 2.24) is 20.1 Å². The van der Waals surface area contributed by atoms with Gasteiger partial charge >= 0.3 is 0 Å². The molecule has 2 atom stereocenters. The van der Waals surface area contributed by atoms with E-state index in [2.05, 4.69) is 10.3 Å². The standard InChI is InChI=1S/C20H26N4O3S/c1-13-18(28-12-21-13)19(25)22-14(2)20(26)24-9-15-7-5-6-8-17(15)27-11-16(24)10-23(3)4/h5-8,12,14,16H,9-11H2,1-4H3,(H,22,25). The second-order valence-corrected chi connectivity index (χ2v) is 8.12. The van der Waals surface area contributed by atoms with Crippen LogP contribution in [-0.4, -0.2) is 65.9 Å². The number of hydrogen-bond donors (Lipinski definition) is 1. The third kappa shape index (κ3) is 4.51. The fourth-order valence-corrected chi connectivity index (χ4v) is 3.99. The zero-order valence-corrected chi connectivity index (χ0v) is 17.5. The molecule has 0 saturated carbocycles. The summed E-state index contributed by atoms with van der Waals surface area (Å²) in [6.45, 7) is 5.05. The van der Waals surface area contributed by atoms with Gasteiger partial charge in [0.05, 0.1) is 17.2 Å². The molecule has 2 unspecified atom stereocenters. The van der Waals surface area contributed by atoms with E-state index < -0.39 is 6.04 Å². The fourth-order valence-electron chi connectivity index (χ4n) is 3.29. The second-order valence-electron chi connectivity index (χ2n) is 7.26. The van der Waals surface area contributed by atoms with E-state index in [4.69, 9.17) is 4.74 Å². The second kappa shape index (κ2) is 8.70. The van der Waals surface area contributed by atoms with Gasteiger partial charge in [0, 0.05) is 18.7 Å². The highest BCUT2D eigenvalue weighted by atomic mass is 32.1. The molecule has 1 aliphatic heterocycles. The van der Waals surface area contributed by atoms with Gasteiger partial charge in [-0.05, 0) is 34.0 Å². The van der Waals surface area contributed by atoms with Crippen LogP contribution in [0, 0.1) is 6.92 Å². The summed E-state index contributed by atoms with van der Waals surface area (Å²) in [5.41, 5.74) is 3.27. The highest BCUT2D eigenvalue weighted by Crippen LogP contribution is 2.25. The number of aryl methyl sites for hydroxylation is 1. The van der Waals surface area contributed by atoms with Crippen LogP contribution in [0.1, 0.15) is 27.9 Å². The maximum absolute atomic E-state index is 13.3. The lowest BCUT2D eigenvalue weighted by Gasteiger charge is -2.33. The summed E-state index contributed by atoms with van der Waals surface area (Å²) in [5.74, 6) is 0.415. The molecule has 7 nitrogen and oxygen atoms in total. The van der Waals surface area contributed by atoms with Gasteiger partial charge in [-0.3, -0.25) is 9.59 Å². The first kappa shape index (κ1) is 20.3. The number of nitrogens with zero attached hydrogens (tertiary/aromatic N) is 3. The van der Waals surface area contributed by atoms with Gasteiger partial charge in [-0.15, -0.1) is 11.3 Å². The smallest absolute Gasteiger partial charge is 0.263 e. The summed E-state index contributed by atoms with van der Waals surface area (Å²) in [6.07, 6.45) is 0. The van der Waals surface area contributed by atoms with Gasteiger partial charge in [-0.2, -0.15) is 0 Å². The van der Waals surface area contributed by atoms with Gasteiger partial charge < -0.3 is 19.9 Å². The maximum Gasteiger partial charge on any atom is 0.263 e. The molecule has 0 aliphatic carbocycles. The molecular weight excluding hydrogens is 376 g/mol. The van der Waals surface area contributed by atoms with Crippen molar-refractivity contribution >= 4 is 23.2 Å². The predicted octanol–water partition coefficient (Wildman–Crippen LogP) is 1.92. The number of ether oxygens (including phenoxy) is 1. The maximum atomic E-state index is 13.3. The van der Waals surface area contributed by atoms with Gasteiger partial charge in [0.25, 0.3) is 5.91 Å². The highest BCUT2D eigenvalue weighted by molar-refractivity contribution is 7.11. The van der Waals surface area contributed by atoms with Crippen molar-refractivity contribution in [2.45, 2.75) is 32.5 Å². The Morgan fingerprint density at radius 2 is 2.14 bits per heavy atom. The van der Waals surface area contributed by atoms with Crippen LogP contribution >= 0.6 is 11.3 Å². The van der Waals surface area contributed by atoms with Crippen LogP contribution in [0.3, 0.4) is 0 Å². The number of carbonyl (C=O) groups is 2. The molecule has 2 heterocycles. The Balaban J connectivity index is 1.79. The van der Waals surface area contributed by atoms with Crippen molar-refractivity contribution in [2.24, 2.45) is 0 Å². The number of likely N-dealkylation sites (N-methyl/N-ethyl adjacent to an activating group) is 1. The van der Waals surface area contributed by atoms with E-state index in [1.807, 2.05) is 48.2 Å². The lowest BCUT2D eigenvalue weighted by Crippen LogP contribution is -2.53. The van der Waals surface area contributed by atoms with Crippen LogP contribution < -0.4 is 10.1 Å². The van der Waals surface area contributed by atoms with Gasteiger partial charge in [-0.25, -0.2) is 4.98 Å². The van der Waals surface area contributed by atoms with E-state index in [1.165, 1.54) is 11.3 Å². The van der Waals surface area contributed by atoms with Crippen LogP contribution in [0.5, 0.6) is 5.75 Å². The minimum Gasteiger partial charge on any atom is -0.491 e. The molecule has 150 valence electrons. The quantitative estimate of drug-likeness (QED) is 0.827. The van der Waals surface area contributed by atoms with E-state index >= 15 is 0 Å². The van der Waals surface area contributed by atoms with Gasteiger partial charge in [-0.1, -0.05) is 18.2 Å². The molecule has 1 aromatic heterocycles. The number of nitrogens with one attached hydrogen (secondary N) is 1. The predicted molar refractivity (Wildman–Crippen MR) is 109 cm³/mol. The fraction of sp³-hybridized carbons (Fsp3) is 0.450. The van der Waals surface area contributed by atoms with E-state index in [0.717, 1.165) is 11.3 Å². The van der Waals surface area contributed by atoms with Crippen LogP contribution in [0.15, 0.2) is 29.8 Å². The minimum absolute atomic E-state index is 0.112. The number of rotatable bonds is 5. The summed E-state index contributed by atoms with van der Waals surface area (Å²) in [7, 11) is 3.94. The van der Waals surface area contributed by atoms with Crippen LogP contribution in [0.4, 0.5) is 0 Å². The number of thiazole rings is 1. The zero-order valence-electron chi connectivity index (χ0n) is 16.6. The van der Waals surface area contributed by atoms with Crippen molar-refractivity contribution in [3.63, 3.8) is 0 Å². The van der Waals surface area contributed by atoms with Crippen LogP contribution in [0.2, 0.25) is 0 Å². The third-order valence-corrected chi connectivity index (χ3v) is 5.64. The van der Waals surface area contributed by atoms with E-state index in [-0.39, 0.29) is 17.9 Å². The molecule has 0 radical (unpaired) electrons. The summed E-state index contributed by atoms with van der Waals surface area (Å²) in [6, 6.07) is 7.00. The van der Waals surface area contributed by atoms with Gasteiger partial charge in [0.1, 0.15) is 23.3 Å². The molecule has 8 heteroatoms. The Hall–Kier alpha value is -2.45. The first-order valence-corrected chi connectivity index (χ1v) is 10.1. The first-order valence-electron chi connectivity index (χ1n) is 9.23. The van der Waals surface area contributed by atoms with Crippen molar-refractivity contribution in [2.75, 3.05) is 27.2 Å². The average Bonchev–Trinajstić information content (AvgIpc) is 3.00. The minimum atomic E-state index is -0.649. The van der Waals surface area contributed by atoms with Gasteiger partial charge in [0.15, 0.2) is 0 Å². The number of amides is 2. The van der Waals surface area contributed by atoms with Gasteiger partial charge in [0.2, 0.25) is 5.91 Å². The number of fused-ring (bicyclic) bond motifs is 1. The monoisotopic (exact) mass is 402 g/mol. The number of carbonyl (C=O) groups excluding carboxylic acids is 2. The SMILES string of the molecule is Cc1ncsc1C(=O)NC(C)C(=O)N1Cc2ccccc2OCC1CN(C)C. The number of hydrogen-bond acceptors (Lipinski definition) is 6. The largest absolute Gasteiger partial charge is 0.491 e. The Kier molecular flexibility index (Phi) is 6.31. The highest BCUT2D eigenvalue weighted by Gasteiger charge is 2.32. The Bertz CT molecular complexity index is 851. The first-order chi connectivity index (χ1) is 13.4. The summed E-state index contributed by atoms with van der Waals surface area (Å²) in [5, 5.41) is 2.82. The van der Waals surface area contributed by atoms with Crippen molar-refractivity contribution in [3.8, 4) is 5.75 Å². The van der Waals surface area contributed by atoms with Crippen molar-refractivity contribution < 1.29 is 14.3 Å². The summed E-state index contributed by atoms with van der Waals surface area (Å²) < 4.78 is 5.96. The van der Waals surface area contributed by atoms with E-state index in [1.54, 1.807) is 19.4 Å². The number of benzene rings is 1. The Morgan fingerprint density at radius 3 is 2.82 bits per heavy atom. The van der Waals surface area contributed by atoms with E-state index in [9.17, 15) is 9.59 Å². The number of aromatic nitrogens is 1. The summed E-state index contributed by atoms with van der Waals surface area (Å²) in [4.78, 5) is 34.3. The lowest BCUT2D eigenvalue weighted by atomic mass is 10.1. The Morgan fingerprint density at radius 1 is 1.39 bits per heavy atom. The number of para-hydroxylation sites is 1. The normalized spacial score (nSPS) is 17.5. The molecular formula is C20H26N4O3S. The van der Waals surface area contributed by atoms with Crippen LogP contribution in [0.25, 0.3) is 0 Å².